The number of carbonyl (C=O) groups excluding carboxylic acids is 1. The molecule has 1 atom stereocenters. The van der Waals surface area contributed by atoms with Crippen LogP contribution in [0.15, 0.2) is 48.5 Å². The van der Waals surface area contributed by atoms with Gasteiger partial charge in [-0.3, -0.25) is 4.79 Å². The van der Waals surface area contributed by atoms with Crippen LogP contribution >= 0.6 is 0 Å². The minimum Gasteiger partial charge on any atom is -0.339 e. The number of carbonyl (C=O) groups is 1. The first kappa shape index (κ1) is 12.9. The first-order valence-electron chi connectivity index (χ1n) is 7.19. The van der Waals surface area contributed by atoms with Gasteiger partial charge in [-0.1, -0.05) is 49.4 Å². The summed E-state index contributed by atoms with van der Waals surface area (Å²) in [7, 11) is 0. The Bertz CT molecular complexity index is 654. The van der Waals surface area contributed by atoms with Gasteiger partial charge in [0.2, 0.25) is 5.91 Å². The second-order valence-electron chi connectivity index (χ2n) is 5.58. The van der Waals surface area contributed by atoms with Gasteiger partial charge in [-0.15, -0.1) is 0 Å². The number of nitrogens with zero attached hydrogens (tertiary/aromatic N) is 1. The Morgan fingerprint density at radius 3 is 2.80 bits per heavy atom. The van der Waals surface area contributed by atoms with E-state index in [1.165, 1.54) is 10.8 Å². The maximum atomic E-state index is 12.1. The average Bonchev–Trinajstić information content (AvgIpc) is 2.91. The first-order chi connectivity index (χ1) is 9.74. The number of fused-ring (bicyclic) bond motifs is 1. The lowest BCUT2D eigenvalue weighted by molar-refractivity contribution is -0.125. The fraction of sp³-hybridized carbons (Fsp3) is 0.278. The van der Waals surface area contributed by atoms with Crippen LogP contribution in [0.1, 0.15) is 18.9 Å². The minimum absolute atomic E-state index is 0.127. The highest BCUT2D eigenvalue weighted by Crippen LogP contribution is 2.20. The number of amides is 1. The van der Waals surface area contributed by atoms with E-state index < -0.39 is 0 Å². The number of rotatable bonds is 2. The molecule has 20 heavy (non-hydrogen) atoms. The molecule has 1 fully saturated rings. The molecular weight excluding hydrogens is 246 g/mol. The van der Waals surface area contributed by atoms with E-state index in [4.69, 9.17) is 0 Å². The number of hydrogen-bond donors (Lipinski definition) is 0. The smallest absolute Gasteiger partial charge is 0.246 e. The molecule has 1 unspecified atom stereocenters. The van der Waals surface area contributed by atoms with Crippen LogP contribution < -0.4 is 0 Å². The molecule has 0 radical (unpaired) electrons. The number of benzene rings is 2. The van der Waals surface area contributed by atoms with Crippen molar-refractivity contribution in [3.8, 4) is 0 Å². The Kier molecular flexibility index (Phi) is 3.55. The maximum absolute atomic E-state index is 12.1. The van der Waals surface area contributed by atoms with Gasteiger partial charge in [0, 0.05) is 19.2 Å². The average molecular weight is 265 g/mol. The van der Waals surface area contributed by atoms with Gasteiger partial charge < -0.3 is 4.90 Å². The van der Waals surface area contributed by atoms with E-state index in [0.29, 0.717) is 5.92 Å². The summed E-state index contributed by atoms with van der Waals surface area (Å²) >= 11 is 0. The van der Waals surface area contributed by atoms with Gasteiger partial charge >= 0.3 is 0 Å². The molecule has 1 aliphatic rings. The third-order valence-electron chi connectivity index (χ3n) is 3.96. The Hall–Kier alpha value is -2.09. The molecule has 2 heteroatoms. The number of likely N-dealkylation sites (tertiary alicyclic amines) is 1. The van der Waals surface area contributed by atoms with Crippen molar-refractivity contribution in [3.05, 3.63) is 54.1 Å². The Morgan fingerprint density at radius 2 is 2.00 bits per heavy atom. The SMILES string of the molecule is CC1CCN(C(=O)/C=C/c2cccc3ccccc23)C1. The van der Waals surface area contributed by atoms with Crippen molar-refractivity contribution in [1.82, 2.24) is 4.90 Å². The van der Waals surface area contributed by atoms with Gasteiger partial charge in [0.05, 0.1) is 0 Å². The highest BCUT2D eigenvalue weighted by Gasteiger charge is 2.21. The molecule has 1 saturated heterocycles. The zero-order valence-electron chi connectivity index (χ0n) is 11.8. The third kappa shape index (κ3) is 2.60. The molecule has 0 saturated carbocycles. The van der Waals surface area contributed by atoms with E-state index in [9.17, 15) is 4.79 Å². The molecule has 2 nitrogen and oxygen atoms in total. The summed E-state index contributed by atoms with van der Waals surface area (Å²) in [4.78, 5) is 14.1. The van der Waals surface area contributed by atoms with Gasteiger partial charge in [-0.2, -0.15) is 0 Å². The van der Waals surface area contributed by atoms with Gasteiger partial charge in [0.25, 0.3) is 0 Å². The van der Waals surface area contributed by atoms with Crippen molar-refractivity contribution >= 4 is 22.8 Å². The maximum Gasteiger partial charge on any atom is 0.246 e. The van der Waals surface area contributed by atoms with E-state index in [0.717, 1.165) is 25.1 Å². The Labute approximate surface area is 119 Å². The zero-order valence-corrected chi connectivity index (χ0v) is 11.8. The summed E-state index contributed by atoms with van der Waals surface area (Å²) in [6.07, 6.45) is 4.77. The lowest BCUT2D eigenvalue weighted by atomic mass is 10.0. The predicted molar refractivity (Wildman–Crippen MR) is 83.3 cm³/mol. The van der Waals surface area contributed by atoms with Crippen LogP contribution in [0.2, 0.25) is 0 Å². The van der Waals surface area contributed by atoms with Crippen LogP contribution in [-0.2, 0) is 4.79 Å². The fourth-order valence-corrected chi connectivity index (χ4v) is 2.80. The summed E-state index contributed by atoms with van der Waals surface area (Å²) in [5.74, 6) is 0.757. The van der Waals surface area contributed by atoms with Crippen molar-refractivity contribution < 1.29 is 4.79 Å². The predicted octanol–water partition coefficient (Wildman–Crippen LogP) is 3.72. The van der Waals surface area contributed by atoms with E-state index in [1.807, 2.05) is 29.2 Å². The summed E-state index contributed by atoms with van der Waals surface area (Å²) in [5, 5.41) is 2.39. The molecule has 102 valence electrons. The van der Waals surface area contributed by atoms with Crippen molar-refractivity contribution in [2.45, 2.75) is 13.3 Å². The van der Waals surface area contributed by atoms with Crippen molar-refractivity contribution in [3.63, 3.8) is 0 Å². The lowest BCUT2D eigenvalue weighted by Crippen LogP contribution is -2.26. The molecule has 0 bridgehead atoms. The number of hydrogen-bond acceptors (Lipinski definition) is 1. The van der Waals surface area contributed by atoms with Crippen LogP contribution in [-0.4, -0.2) is 23.9 Å². The standard InChI is InChI=1S/C18H19NO/c1-14-11-12-19(13-14)18(20)10-9-16-7-4-6-15-5-2-3-8-17(15)16/h2-10,14H,11-13H2,1H3/b10-9+. The molecular formula is C18H19NO. The Balaban J connectivity index is 1.82. The molecule has 2 aromatic rings. The molecule has 0 N–H and O–H groups in total. The third-order valence-corrected chi connectivity index (χ3v) is 3.96. The second kappa shape index (κ2) is 5.49. The Morgan fingerprint density at radius 1 is 1.20 bits per heavy atom. The summed E-state index contributed by atoms with van der Waals surface area (Å²) in [6.45, 7) is 3.97. The highest BCUT2D eigenvalue weighted by molar-refractivity contribution is 5.96. The lowest BCUT2D eigenvalue weighted by Gasteiger charge is -2.12. The zero-order chi connectivity index (χ0) is 13.9. The summed E-state index contributed by atoms with van der Waals surface area (Å²) < 4.78 is 0. The molecule has 0 aromatic heterocycles. The van der Waals surface area contributed by atoms with Crippen molar-refractivity contribution in [1.29, 1.82) is 0 Å². The summed E-state index contributed by atoms with van der Waals surface area (Å²) in [5.41, 5.74) is 1.10. The molecule has 1 aliphatic heterocycles. The van der Waals surface area contributed by atoms with Crippen LogP contribution in [0.25, 0.3) is 16.8 Å². The molecule has 2 aromatic carbocycles. The van der Waals surface area contributed by atoms with Crippen LogP contribution in [0, 0.1) is 5.92 Å². The van der Waals surface area contributed by atoms with E-state index in [-0.39, 0.29) is 5.91 Å². The first-order valence-corrected chi connectivity index (χ1v) is 7.19. The van der Waals surface area contributed by atoms with Gasteiger partial charge in [0.1, 0.15) is 0 Å². The fourth-order valence-electron chi connectivity index (χ4n) is 2.80. The monoisotopic (exact) mass is 265 g/mol. The van der Waals surface area contributed by atoms with Crippen molar-refractivity contribution in [2.75, 3.05) is 13.1 Å². The van der Waals surface area contributed by atoms with Gasteiger partial charge in [-0.25, -0.2) is 0 Å². The molecule has 0 spiro atoms. The van der Waals surface area contributed by atoms with E-state index >= 15 is 0 Å². The molecule has 3 rings (SSSR count). The molecule has 1 heterocycles. The van der Waals surface area contributed by atoms with Crippen LogP contribution in [0.3, 0.4) is 0 Å². The second-order valence-corrected chi connectivity index (χ2v) is 5.58. The molecule has 1 amide bonds. The van der Waals surface area contributed by atoms with Crippen LogP contribution in [0.4, 0.5) is 0 Å². The largest absolute Gasteiger partial charge is 0.339 e. The topological polar surface area (TPSA) is 20.3 Å². The quantitative estimate of drug-likeness (QED) is 0.758. The highest BCUT2D eigenvalue weighted by atomic mass is 16.2. The van der Waals surface area contributed by atoms with Crippen molar-refractivity contribution in [2.24, 2.45) is 5.92 Å². The van der Waals surface area contributed by atoms with Gasteiger partial charge in [-0.05, 0) is 34.8 Å². The summed E-state index contributed by atoms with van der Waals surface area (Å²) in [6, 6.07) is 14.4. The van der Waals surface area contributed by atoms with E-state index in [1.54, 1.807) is 6.08 Å². The normalized spacial score (nSPS) is 19.1. The van der Waals surface area contributed by atoms with E-state index in [2.05, 4.69) is 31.2 Å². The molecule has 0 aliphatic carbocycles. The van der Waals surface area contributed by atoms with Crippen LogP contribution in [0.5, 0.6) is 0 Å². The minimum atomic E-state index is 0.127. The van der Waals surface area contributed by atoms with Gasteiger partial charge in [0.15, 0.2) is 0 Å².